The topological polar surface area (TPSA) is 88.0 Å². The lowest BCUT2D eigenvalue weighted by molar-refractivity contribution is -0.384. The number of nitro groups is 1. The molecule has 1 aromatic rings. The van der Waals surface area contributed by atoms with Gasteiger partial charge in [-0.15, -0.1) is 0 Å². The molecular weight excluding hydrogens is 439 g/mol. The van der Waals surface area contributed by atoms with Gasteiger partial charge in [-0.3, -0.25) is 15.4 Å². The number of benzene rings is 1. The van der Waals surface area contributed by atoms with Gasteiger partial charge in [-0.2, -0.15) is 0 Å². The van der Waals surface area contributed by atoms with Gasteiger partial charge in [0, 0.05) is 35.8 Å². The highest BCUT2D eigenvalue weighted by atomic mass is 127. The van der Waals surface area contributed by atoms with Crippen LogP contribution in [0.15, 0.2) is 12.1 Å². The van der Waals surface area contributed by atoms with Crippen molar-refractivity contribution in [2.45, 2.75) is 26.4 Å². The maximum absolute atomic E-state index is 12.0. The Labute approximate surface area is 160 Å². The molecule has 0 atom stereocenters. The molecule has 1 heterocycles. The van der Waals surface area contributed by atoms with Crippen molar-refractivity contribution >= 4 is 45.7 Å². The van der Waals surface area contributed by atoms with Gasteiger partial charge in [0.15, 0.2) is 0 Å². The summed E-state index contributed by atoms with van der Waals surface area (Å²) in [5, 5.41) is 13.9. The van der Waals surface area contributed by atoms with Crippen LogP contribution in [0.5, 0.6) is 0 Å². The van der Waals surface area contributed by atoms with Crippen LogP contribution in [0.25, 0.3) is 0 Å². The molecule has 0 spiro atoms. The van der Waals surface area contributed by atoms with E-state index in [1.165, 1.54) is 6.07 Å². The summed E-state index contributed by atoms with van der Waals surface area (Å²) in [6, 6.07) is 3.15. The summed E-state index contributed by atoms with van der Waals surface area (Å²) in [6.45, 7) is 8.72. The highest BCUT2D eigenvalue weighted by Gasteiger charge is 2.25. The summed E-state index contributed by atoms with van der Waals surface area (Å²) >= 11 is 2.10. The Morgan fingerprint density at radius 3 is 2.40 bits per heavy atom. The smallest absolute Gasteiger partial charge is 0.412 e. The van der Waals surface area contributed by atoms with E-state index in [4.69, 9.17) is 4.74 Å². The molecule has 1 aromatic carbocycles. The number of carbonyl (C=O) groups excluding carboxylic acids is 1. The van der Waals surface area contributed by atoms with E-state index < -0.39 is 16.6 Å². The number of amides is 1. The number of ether oxygens (including phenoxy) is 1. The van der Waals surface area contributed by atoms with E-state index in [1.807, 2.05) is 0 Å². The van der Waals surface area contributed by atoms with Gasteiger partial charge in [-0.1, -0.05) is 0 Å². The fraction of sp³-hybridized carbons (Fsp3) is 0.562. The molecule has 0 radical (unpaired) electrons. The SMILES string of the molecule is CN1CCN(c2cc(NC(=O)OC(C)(C)C)c([N+](=O)[O-])cc2I)CC1. The lowest BCUT2D eigenvalue weighted by atomic mass is 10.2. The van der Waals surface area contributed by atoms with Crippen molar-refractivity contribution in [1.82, 2.24) is 4.90 Å². The first-order valence-corrected chi connectivity index (χ1v) is 9.06. The number of nitrogens with zero attached hydrogens (tertiary/aromatic N) is 3. The monoisotopic (exact) mass is 462 g/mol. The van der Waals surface area contributed by atoms with Crippen molar-refractivity contribution in [3.63, 3.8) is 0 Å². The fourth-order valence-corrected chi connectivity index (χ4v) is 3.30. The molecule has 1 aliphatic rings. The van der Waals surface area contributed by atoms with Crippen LogP contribution in [0.4, 0.5) is 21.9 Å². The van der Waals surface area contributed by atoms with Gasteiger partial charge in [0.1, 0.15) is 11.3 Å². The molecule has 2 rings (SSSR count). The lowest BCUT2D eigenvalue weighted by Crippen LogP contribution is -2.44. The molecule has 1 amide bonds. The third kappa shape index (κ3) is 5.43. The molecule has 9 heteroatoms. The molecule has 0 aromatic heterocycles. The first-order chi connectivity index (χ1) is 11.6. The van der Waals surface area contributed by atoms with Gasteiger partial charge < -0.3 is 14.5 Å². The summed E-state index contributed by atoms with van der Waals surface area (Å²) in [5.74, 6) is 0. The molecule has 8 nitrogen and oxygen atoms in total. The first kappa shape index (κ1) is 19.7. The maximum atomic E-state index is 12.0. The lowest BCUT2D eigenvalue weighted by Gasteiger charge is -2.34. The Morgan fingerprint density at radius 2 is 1.88 bits per heavy atom. The van der Waals surface area contributed by atoms with E-state index in [1.54, 1.807) is 26.8 Å². The molecule has 0 bridgehead atoms. The van der Waals surface area contributed by atoms with Crippen molar-refractivity contribution in [3.05, 3.63) is 25.8 Å². The Hall–Kier alpha value is -1.62. The highest BCUT2D eigenvalue weighted by molar-refractivity contribution is 14.1. The Balaban J connectivity index is 2.31. The third-order valence-electron chi connectivity index (χ3n) is 3.74. The number of anilines is 2. The highest BCUT2D eigenvalue weighted by Crippen LogP contribution is 2.35. The number of nitrogens with one attached hydrogen (secondary N) is 1. The minimum atomic E-state index is -0.707. The number of nitro benzene ring substituents is 1. The van der Waals surface area contributed by atoms with Crippen molar-refractivity contribution < 1.29 is 14.5 Å². The van der Waals surface area contributed by atoms with Crippen LogP contribution in [-0.4, -0.2) is 54.7 Å². The zero-order valence-electron chi connectivity index (χ0n) is 14.8. The summed E-state index contributed by atoms with van der Waals surface area (Å²) in [7, 11) is 2.06. The summed E-state index contributed by atoms with van der Waals surface area (Å²) in [5.41, 5.74) is 0.203. The van der Waals surface area contributed by atoms with Gasteiger partial charge in [-0.05, 0) is 56.5 Å². The zero-order chi connectivity index (χ0) is 18.8. The van der Waals surface area contributed by atoms with Crippen molar-refractivity contribution in [2.75, 3.05) is 43.4 Å². The molecule has 0 aliphatic carbocycles. The number of halogens is 1. The van der Waals surface area contributed by atoms with E-state index >= 15 is 0 Å². The van der Waals surface area contributed by atoms with E-state index in [2.05, 4.69) is 44.8 Å². The zero-order valence-corrected chi connectivity index (χ0v) is 17.0. The van der Waals surface area contributed by atoms with Crippen LogP contribution in [0.3, 0.4) is 0 Å². The standard InChI is InChI=1S/C16H23IN4O4/c1-16(2,3)25-15(22)18-12-10-13(11(17)9-14(12)21(23)24)20-7-5-19(4)6-8-20/h9-10H,5-8H2,1-4H3,(H,18,22). The van der Waals surface area contributed by atoms with E-state index in [0.717, 1.165) is 35.4 Å². The van der Waals surface area contributed by atoms with Crippen LogP contribution in [0.2, 0.25) is 0 Å². The van der Waals surface area contributed by atoms with Gasteiger partial charge >= 0.3 is 6.09 Å². The molecule has 25 heavy (non-hydrogen) atoms. The Kier molecular flexibility index (Phi) is 6.09. The largest absolute Gasteiger partial charge is 0.444 e. The van der Waals surface area contributed by atoms with Crippen LogP contribution < -0.4 is 10.2 Å². The van der Waals surface area contributed by atoms with Crippen LogP contribution in [-0.2, 0) is 4.74 Å². The van der Waals surface area contributed by atoms with Gasteiger partial charge in [-0.25, -0.2) is 4.79 Å². The first-order valence-electron chi connectivity index (χ1n) is 7.98. The maximum Gasteiger partial charge on any atom is 0.412 e. The van der Waals surface area contributed by atoms with Crippen LogP contribution >= 0.6 is 22.6 Å². The van der Waals surface area contributed by atoms with E-state index in [0.29, 0.717) is 0 Å². The quantitative estimate of drug-likeness (QED) is 0.422. The van der Waals surface area contributed by atoms with Crippen molar-refractivity contribution in [2.24, 2.45) is 0 Å². The van der Waals surface area contributed by atoms with E-state index in [9.17, 15) is 14.9 Å². The van der Waals surface area contributed by atoms with Gasteiger partial charge in [0.05, 0.1) is 10.6 Å². The number of hydrogen-bond donors (Lipinski definition) is 1. The van der Waals surface area contributed by atoms with Crippen molar-refractivity contribution in [1.29, 1.82) is 0 Å². The molecule has 1 saturated heterocycles. The molecule has 1 aliphatic heterocycles. The van der Waals surface area contributed by atoms with Gasteiger partial charge in [0.25, 0.3) is 5.69 Å². The average Bonchev–Trinajstić information content (AvgIpc) is 2.47. The molecule has 1 N–H and O–H groups in total. The normalized spacial score (nSPS) is 15.8. The van der Waals surface area contributed by atoms with Crippen LogP contribution in [0.1, 0.15) is 20.8 Å². The summed E-state index contributed by atoms with van der Waals surface area (Å²) in [4.78, 5) is 27.3. The minimum absolute atomic E-state index is 0.145. The van der Waals surface area contributed by atoms with E-state index in [-0.39, 0.29) is 11.4 Å². The Morgan fingerprint density at radius 1 is 1.28 bits per heavy atom. The molecule has 1 fully saturated rings. The minimum Gasteiger partial charge on any atom is -0.444 e. The number of hydrogen-bond acceptors (Lipinski definition) is 6. The predicted octanol–water partition coefficient (Wildman–Crippen LogP) is 3.30. The second-order valence-corrected chi connectivity index (χ2v) is 8.16. The third-order valence-corrected chi connectivity index (χ3v) is 4.61. The summed E-state index contributed by atoms with van der Waals surface area (Å²) in [6.07, 6.45) is -0.707. The predicted molar refractivity (Wildman–Crippen MR) is 105 cm³/mol. The molecule has 0 saturated carbocycles. The molecular formula is C16H23IN4O4. The number of rotatable bonds is 3. The fourth-order valence-electron chi connectivity index (χ4n) is 2.51. The average molecular weight is 462 g/mol. The summed E-state index contributed by atoms with van der Waals surface area (Å²) < 4.78 is 5.99. The molecule has 0 unspecified atom stereocenters. The second-order valence-electron chi connectivity index (χ2n) is 7.00. The number of piperazine rings is 1. The van der Waals surface area contributed by atoms with Gasteiger partial charge in [0.2, 0.25) is 0 Å². The van der Waals surface area contributed by atoms with Crippen LogP contribution in [0, 0.1) is 13.7 Å². The molecule has 138 valence electrons. The Bertz CT molecular complexity index is 667. The number of carbonyl (C=O) groups is 1. The van der Waals surface area contributed by atoms with Crippen molar-refractivity contribution in [3.8, 4) is 0 Å². The number of likely N-dealkylation sites (N-methyl/N-ethyl adjacent to an activating group) is 1. The second kappa shape index (κ2) is 7.73.